The van der Waals surface area contributed by atoms with Gasteiger partial charge in [0, 0.05) is 6.61 Å². The molecular weight excluding hydrogens is 128 g/mol. The second-order valence-electron chi connectivity index (χ2n) is 2.80. The number of rotatable bonds is 4. The largest absolute Gasteiger partial charge is 0.418 e. The fraction of sp³-hybridized carbons (Fsp3) is 0.857. The lowest BCUT2D eigenvalue weighted by Crippen LogP contribution is -2.29. The van der Waals surface area contributed by atoms with Crippen LogP contribution in [0.1, 0.15) is 13.3 Å². The second-order valence-corrected chi connectivity index (χ2v) is 7.10. The summed E-state index contributed by atoms with van der Waals surface area (Å²) in [5.41, 5.74) is 0. The maximum Gasteiger partial charge on any atom is 0.186 e. The summed E-state index contributed by atoms with van der Waals surface area (Å²) in [6, 6.07) is 1.18. The summed E-state index contributed by atoms with van der Waals surface area (Å²) in [5, 5.41) is 0. The molecule has 55 valence electrons. The van der Waals surface area contributed by atoms with Crippen molar-refractivity contribution in [3.8, 4) is 0 Å². The van der Waals surface area contributed by atoms with Gasteiger partial charge in [0.25, 0.3) is 0 Å². The van der Waals surface area contributed by atoms with Crippen LogP contribution in [0.5, 0.6) is 0 Å². The summed E-state index contributed by atoms with van der Waals surface area (Å²) in [7, 11) is -1.27. The van der Waals surface area contributed by atoms with Gasteiger partial charge in [0.1, 0.15) is 0 Å². The highest BCUT2D eigenvalue weighted by atomic mass is 28.4. The van der Waals surface area contributed by atoms with Crippen molar-refractivity contribution in [1.82, 2.24) is 0 Å². The van der Waals surface area contributed by atoms with Gasteiger partial charge in [0.2, 0.25) is 0 Å². The molecule has 0 aliphatic heterocycles. The molecule has 0 amide bonds. The van der Waals surface area contributed by atoms with Gasteiger partial charge in [-0.15, -0.1) is 0 Å². The number of hydrogen-bond donors (Lipinski definition) is 0. The summed E-state index contributed by atoms with van der Waals surface area (Å²) >= 11 is 0. The Balaban J connectivity index is 3.43. The minimum Gasteiger partial charge on any atom is -0.418 e. The molecule has 0 saturated carbocycles. The third kappa shape index (κ3) is 4.67. The monoisotopic (exact) mass is 145 g/mol. The highest BCUT2D eigenvalue weighted by Crippen LogP contribution is 2.12. The topological polar surface area (TPSA) is 9.23 Å². The molecule has 0 aliphatic carbocycles. The van der Waals surface area contributed by atoms with E-state index in [4.69, 9.17) is 4.43 Å². The van der Waals surface area contributed by atoms with E-state index in [9.17, 15) is 0 Å². The Morgan fingerprint density at radius 2 is 2.00 bits per heavy atom. The Bertz CT molecular complexity index is 63.3. The fourth-order valence-corrected chi connectivity index (χ4v) is 2.67. The third-order valence-electron chi connectivity index (χ3n) is 1.31. The van der Waals surface area contributed by atoms with Crippen molar-refractivity contribution >= 4 is 8.32 Å². The van der Waals surface area contributed by atoms with Crippen LogP contribution in [0.2, 0.25) is 19.1 Å². The minimum absolute atomic E-state index is 0.860. The van der Waals surface area contributed by atoms with Crippen LogP contribution >= 0.6 is 0 Å². The van der Waals surface area contributed by atoms with Crippen LogP contribution in [0, 0.1) is 6.92 Å². The maximum atomic E-state index is 5.57. The Morgan fingerprint density at radius 3 is 2.33 bits per heavy atom. The van der Waals surface area contributed by atoms with Crippen molar-refractivity contribution in [3.05, 3.63) is 6.92 Å². The van der Waals surface area contributed by atoms with E-state index in [1.807, 2.05) is 0 Å². The molecule has 0 aromatic carbocycles. The zero-order chi connectivity index (χ0) is 7.33. The molecule has 1 radical (unpaired) electrons. The SMILES string of the molecule is [CH2]CC[Si](C)(C)OCC. The molecule has 0 saturated heterocycles. The van der Waals surface area contributed by atoms with E-state index in [1.54, 1.807) is 0 Å². The first-order valence-electron chi connectivity index (χ1n) is 3.55. The Hall–Kier alpha value is 0.177. The Morgan fingerprint density at radius 1 is 1.44 bits per heavy atom. The van der Waals surface area contributed by atoms with Crippen LogP contribution in [-0.4, -0.2) is 14.9 Å². The average molecular weight is 145 g/mol. The van der Waals surface area contributed by atoms with Crippen LogP contribution in [-0.2, 0) is 4.43 Å². The van der Waals surface area contributed by atoms with Gasteiger partial charge in [-0.25, -0.2) is 0 Å². The van der Waals surface area contributed by atoms with Crippen LogP contribution in [0.15, 0.2) is 0 Å². The second kappa shape index (κ2) is 4.07. The summed E-state index contributed by atoms with van der Waals surface area (Å²) in [4.78, 5) is 0. The van der Waals surface area contributed by atoms with E-state index >= 15 is 0 Å². The number of hydrogen-bond acceptors (Lipinski definition) is 1. The van der Waals surface area contributed by atoms with Gasteiger partial charge in [-0.2, -0.15) is 0 Å². The summed E-state index contributed by atoms with van der Waals surface area (Å²) < 4.78 is 5.57. The van der Waals surface area contributed by atoms with Crippen molar-refractivity contribution in [2.45, 2.75) is 32.5 Å². The minimum atomic E-state index is -1.27. The summed E-state index contributed by atoms with van der Waals surface area (Å²) in [6.07, 6.45) is 1.01. The van der Waals surface area contributed by atoms with E-state index in [1.165, 1.54) is 6.04 Å². The van der Waals surface area contributed by atoms with E-state index in [0.717, 1.165) is 13.0 Å². The predicted octanol–water partition coefficient (Wildman–Crippen LogP) is 2.45. The zero-order valence-electron chi connectivity index (χ0n) is 6.74. The molecule has 0 spiro atoms. The van der Waals surface area contributed by atoms with Gasteiger partial charge < -0.3 is 4.43 Å². The van der Waals surface area contributed by atoms with Gasteiger partial charge in [-0.05, 0) is 26.1 Å². The Kier molecular flexibility index (Phi) is 4.15. The first-order valence-corrected chi connectivity index (χ1v) is 6.67. The van der Waals surface area contributed by atoms with Crippen molar-refractivity contribution in [3.63, 3.8) is 0 Å². The molecule has 0 bridgehead atoms. The lowest BCUT2D eigenvalue weighted by molar-refractivity contribution is 0.329. The van der Waals surface area contributed by atoms with Gasteiger partial charge >= 0.3 is 0 Å². The lowest BCUT2D eigenvalue weighted by atomic mass is 10.6. The third-order valence-corrected chi connectivity index (χ3v) is 3.94. The van der Waals surface area contributed by atoms with E-state index in [2.05, 4.69) is 26.9 Å². The highest BCUT2D eigenvalue weighted by Gasteiger charge is 2.19. The maximum absolute atomic E-state index is 5.57. The standard InChI is InChI=1S/C7H17OSi/c1-5-7-9(3,4)8-6-2/h1,5-7H2,2-4H3. The first kappa shape index (κ1) is 9.18. The molecule has 1 nitrogen and oxygen atoms in total. The van der Waals surface area contributed by atoms with Crippen LogP contribution < -0.4 is 0 Å². The Labute approximate surface area is 59.5 Å². The van der Waals surface area contributed by atoms with Crippen molar-refractivity contribution in [2.75, 3.05) is 6.61 Å². The average Bonchev–Trinajstić information content (AvgIpc) is 1.64. The van der Waals surface area contributed by atoms with Crippen LogP contribution in [0.25, 0.3) is 0 Å². The fourth-order valence-electron chi connectivity index (χ4n) is 0.889. The molecule has 0 aromatic heterocycles. The van der Waals surface area contributed by atoms with E-state index < -0.39 is 8.32 Å². The summed E-state index contributed by atoms with van der Waals surface area (Å²) in [5.74, 6) is 0. The normalized spacial score (nSPS) is 12.0. The van der Waals surface area contributed by atoms with Gasteiger partial charge in [0.05, 0.1) is 0 Å². The molecule has 0 aliphatic rings. The van der Waals surface area contributed by atoms with Crippen molar-refractivity contribution in [2.24, 2.45) is 0 Å². The first-order chi connectivity index (χ1) is 4.12. The van der Waals surface area contributed by atoms with E-state index in [-0.39, 0.29) is 0 Å². The molecule has 2 heteroatoms. The van der Waals surface area contributed by atoms with Gasteiger partial charge in [-0.1, -0.05) is 13.3 Å². The molecule has 0 N–H and O–H groups in total. The molecule has 0 heterocycles. The molecule has 0 unspecified atom stereocenters. The van der Waals surface area contributed by atoms with Crippen LogP contribution in [0.3, 0.4) is 0 Å². The van der Waals surface area contributed by atoms with Crippen LogP contribution in [0.4, 0.5) is 0 Å². The summed E-state index contributed by atoms with van der Waals surface area (Å²) in [6.45, 7) is 11.2. The lowest BCUT2D eigenvalue weighted by Gasteiger charge is -2.20. The molecule has 0 atom stereocenters. The van der Waals surface area contributed by atoms with Crippen molar-refractivity contribution < 1.29 is 4.43 Å². The highest BCUT2D eigenvalue weighted by molar-refractivity contribution is 6.71. The molecule has 0 aromatic rings. The van der Waals surface area contributed by atoms with Gasteiger partial charge in [-0.3, -0.25) is 0 Å². The van der Waals surface area contributed by atoms with Gasteiger partial charge in [0.15, 0.2) is 8.32 Å². The van der Waals surface area contributed by atoms with Crippen molar-refractivity contribution in [1.29, 1.82) is 0 Å². The molecule has 9 heavy (non-hydrogen) atoms. The smallest absolute Gasteiger partial charge is 0.186 e. The quantitative estimate of drug-likeness (QED) is 0.552. The molecule has 0 fully saturated rings. The molecular formula is C7H17OSi. The predicted molar refractivity (Wildman–Crippen MR) is 43.9 cm³/mol. The molecule has 0 rings (SSSR count). The zero-order valence-corrected chi connectivity index (χ0v) is 7.74. The van der Waals surface area contributed by atoms with E-state index in [0.29, 0.717) is 0 Å².